The lowest BCUT2D eigenvalue weighted by Gasteiger charge is -2.08. The Labute approximate surface area is 82.2 Å². The van der Waals surface area contributed by atoms with E-state index in [1.807, 2.05) is 30.3 Å². The summed E-state index contributed by atoms with van der Waals surface area (Å²) in [5.41, 5.74) is 1.21. The van der Waals surface area contributed by atoms with Crippen LogP contribution in [0.15, 0.2) is 40.7 Å². The zero-order valence-corrected chi connectivity index (χ0v) is 7.76. The largest absolute Gasteiger partial charge is 0.271 e. The first-order valence-corrected chi connectivity index (χ1v) is 4.58. The molecule has 1 heterocycles. The molecule has 1 amide bonds. The molecule has 1 aliphatic rings. The first kappa shape index (κ1) is 8.87. The van der Waals surface area contributed by atoms with Crippen LogP contribution in [0.5, 0.6) is 0 Å². The molecule has 0 aliphatic carbocycles. The second kappa shape index (κ2) is 4.00. The van der Waals surface area contributed by atoms with E-state index < -0.39 is 0 Å². The lowest BCUT2D eigenvalue weighted by Crippen LogP contribution is -2.25. The summed E-state index contributed by atoms with van der Waals surface area (Å²) in [7, 11) is 0. The lowest BCUT2D eigenvalue weighted by molar-refractivity contribution is -0.127. The van der Waals surface area contributed by atoms with Crippen LogP contribution in [-0.4, -0.2) is 24.0 Å². The van der Waals surface area contributed by atoms with E-state index in [-0.39, 0.29) is 12.5 Å². The molecule has 0 N–H and O–H groups in total. The molecule has 1 aliphatic heterocycles. The van der Waals surface area contributed by atoms with Gasteiger partial charge in [0, 0.05) is 0 Å². The molecule has 2 rings (SSSR count). The Bertz CT molecular complexity index is 348. The molecule has 1 aromatic carbocycles. The Morgan fingerprint density at radius 3 is 2.71 bits per heavy atom. The van der Waals surface area contributed by atoms with Crippen molar-refractivity contribution >= 4 is 5.91 Å². The summed E-state index contributed by atoms with van der Waals surface area (Å²) < 4.78 is 0. The second-order valence-corrected chi connectivity index (χ2v) is 3.14. The molecule has 14 heavy (non-hydrogen) atoms. The van der Waals surface area contributed by atoms with Crippen molar-refractivity contribution in [2.45, 2.75) is 6.42 Å². The monoisotopic (exact) mass is 189 g/mol. The van der Waals surface area contributed by atoms with Crippen LogP contribution < -0.4 is 0 Å². The number of carbonyl (C=O) groups is 1. The van der Waals surface area contributed by atoms with Gasteiger partial charge in [-0.05, 0) is 12.0 Å². The molecule has 72 valence electrons. The van der Waals surface area contributed by atoms with Gasteiger partial charge in [-0.15, -0.1) is 0 Å². The molecule has 0 fully saturated rings. The summed E-state index contributed by atoms with van der Waals surface area (Å²) >= 11 is 0. The second-order valence-electron chi connectivity index (χ2n) is 3.14. The van der Waals surface area contributed by atoms with E-state index in [0.717, 1.165) is 6.42 Å². The fourth-order valence-electron chi connectivity index (χ4n) is 1.35. The minimum absolute atomic E-state index is 0.0130. The summed E-state index contributed by atoms with van der Waals surface area (Å²) in [4.78, 5) is 11.1. The minimum Gasteiger partial charge on any atom is -0.271 e. The van der Waals surface area contributed by atoms with Gasteiger partial charge in [0.05, 0.1) is 6.54 Å². The third-order valence-corrected chi connectivity index (χ3v) is 2.12. The third kappa shape index (κ3) is 1.96. The van der Waals surface area contributed by atoms with Crippen LogP contribution in [0.3, 0.4) is 0 Å². The van der Waals surface area contributed by atoms with Gasteiger partial charge < -0.3 is 0 Å². The summed E-state index contributed by atoms with van der Waals surface area (Å²) in [5.74, 6) is -0.0130. The highest BCUT2D eigenvalue weighted by atomic mass is 16.2. The SMILES string of the molecule is O=C1CN=NN1CCc1ccccc1. The van der Waals surface area contributed by atoms with E-state index in [4.69, 9.17) is 0 Å². The van der Waals surface area contributed by atoms with Crippen molar-refractivity contribution in [1.29, 1.82) is 0 Å². The maximum Gasteiger partial charge on any atom is 0.267 e. The average Bonchev–Trinajstić information content (AvgIpc) is 2.63. The van der Waals surface area contributed by atoms with Crippen molar-refractivity contribution in [2.24, 2.45) is 10.3 Å². The molecule has 1 aromatic rings. The number of rotatable bonds is 3. The topological polar surface area (TPSA) is 45.0 Å². The van der Waals surface area contributed by atoms with Crippen molar-refractivity contribution in [2.75, 3.05) is 13.1 Å². The molecule has 4 heteroatoms. The summed E-state index contributed by atoms with van der Waals surface area (Å²) in [6.07, 6.45) is 0.825. The van der Waals surface area contributed by atoms with Gasteiger partial charge in [0.2, 0.25) is 0 Å². The van der Waals surface area contributed by atoms with Crippen LogP contribution in [0.4, 0.5) is 0 Å². The molecule has 0 radical (unpaired) electrons. The first-order valence-electron chi connectivity index (χ1n) is 4.58. The van der Waals surface area contributed by atoms with E-state index >= 15 is 0 Å². The predicted molar refractivity (Wildman–Crippen MR) is 51.6 cm³/mol. The average molecular weight is 189 g/mol. The zero-order valence-electron chi connectivity index (χ0n) is 7.76. The van der Waals surface area contributed by atoms with Crippen molar-refractivity contribution < 1.29 is 4.79 Å². The van der Waals surface area contributed by atoms with E-state index in [1.54, 1.807) is 0 Å². The molecule has 0 unspecified atom stereocenters. The summed E-state index contributed by atoms with van der Waals surface area (Å²) in [6.45, 7) is 0.821. The number of benzene rings is 1. The summed E-state index contributed by atoms with van der Waals surface area (Å²) in [6, 6.07) is 10.0. The first-order chi connectivity index (χ1) is 6.86. The van der Waals surface area contributed by atoms with E-state index in [1.165, 1.54) is 10.6 Å². The molecule has 0 bridgehead atoms. The number of carbonyl (C=O) groups excluding carboxylic acids is 1. The summed E-state index contributed by atoms with van der Waals surface area (Å²) in [5, 5.41) is 8.82. The number of amides is 1. The van der Waals surface area contributed by atoms with Crippen LogP contribution in [0.1, 0.15) is 5.56 Å². The standard InChI is InChI=1S/C10H11N3O/c14-10-8-11-12-13(10)7-6-9-4-2-1-3-5-9/h1-5H,6-8H2. The van der Waals surface area contributed by atoms with Crippen molar-refractivity contribution in [3.05, 3.63) is 35.9 Å². The lowest BCUT2D eigenvalue weighted by atomic mass is 10.1. The van der Waals surface area contributed by atoms with Gasteiger partial charge in [-0.3, -0.25) is 4.79 Å². The predicted octanol–water partition coefficient (Wildman–Crippen LogP) is 1.44. The smallest absolute Gasteiger partial charge is 0.267 e. The quantitative estimate of drug-likeness (QED) is 0.709. The fourth-order valence-corrected chi connectivity index (χ4v) is 1.35. The van der Waals surface area contributed by atoms with Crippen LogP contribution in [0.2, 0.25) is 0 Å². The molecule has 4 nitrogen and oxygen atoms in total. The number of nitrogens with zero attached hydrogens (tertiary/aromatic N) is 3. The van der Waals surface area contributed by atoms with Gasteiger partial charge >= 0.3 is 0 Å². The molecule has 0 atom stereocenters. The maximum atomic E-state index is 11.1. The molecule has 0 saturated heterocycles. The highest BCUT2D eigenvalue weighted by Crippen LogP contribution is 2.05. The molecule has 0 saturated carbocycles. The van der Waals surface area contributed by atoms with Crippen LogP contribution in [-0.2, 0) is 11.2 Å². The van der Waals surface area contributed by atoms with Crippen molar-refractivity contribution in [1.82, 2.24) is 5.01 Å². The fraction of sp³-hybridized carbons (Fsp3) is 0.300. The number of hydrogen-bond acceptors (Lipinski definition) is 3. The molecular formula is C10H11N3O. The molecule has 0 spiro atoms. The highest BCUT2D eigenvalue weighted by Gasteiger charge is 2.17. The Hall–Kier alpha value is -1.71. The Morgan fingerprint density at radius 1 is 1.29 bits per heavy atom. The molecule has 0 aromatic heterocycles. The van der Waals surface area contributed by atoms with Crippen molar-refractivity contribution in [3.8, 4) is 0 Å². The Kier molecular flexibility index (Phi) is 2.53. The normalized spacial score (nSPS) is 15.1. The van der Waals surface area contributed by atoms with Gasteiger partial charge in [-0.1, -0.05) is 35.6 Å². The molecular weight excluding hydrogens is 178 g/mol. The van der Waals surface area contributed by atoms with Crippen LogP contribution in [0.25, 0.3) is 0 Å². The van der Waals surface area contributed by atoms with Crippen LogP contribution in [0, 0.1) is 0 Å². The number of hydrogen-bond donors (Lipinski definition) is 0. The van der Waals surface area contributed by atoms with Gasteiger partial charge in [-0.25, -0.2) is 5.01 Å². The zero-order chi connectivity index (χ0) is 9.80. The van der Waals surface area contributed by atoms with Gasteiger partial charge in [-0.2, -0.15) is 5.11 Å². The van der Waals surface area contributed by atoms with Gasteiger partial charge in [0.1, 0.15) is 6.54 Å². The Morgan fingerprint density at radius 2 is 2.07 bits per heavy atom. The van der Waals surface area contributed by atoms with E-state index in [0.29, 0.717) is 6.54 Å². The highest BCUT2D eigenvalue weighted by molar-refractivity contribution is 5.79. The van der Waals surface area contributed by atoms with Gasteiger partial charge in [0.25, 0.3) is 5.91 Å². The van der Waals surface area contributed by atoms with Crippen LogP contribution >= 0.6 is 0 Å². The third-order valence-electron chi connectivity index (χ3n) is 2.12. The van der Waals surface area contributed by atoms with E-state index in [2.05, 4.69) is 10.3 Å². The minimum atomic E-state index is -0.0130. The van der Waals surface area contributed by atoms with E-state index in [9.17, 15) is 4.79 Å². The van der Waals surface area contributed by atoms with Gasteiger partial charge in [0.15, 0.2) is 0 Å². The van der Waals surface area contributed by atoms with Crippen molar-refractivity contribution in [3.63, 3.8) is 0 Å². The maximum absolute atomic E-state index is 11.1. The Balaban J connectivity index is 1.89.